The fourth-order valence-electron chi connectivity index (χ4n) is 4.18. The van der Waals surface area contributed by atoms with Crippen LogP contribution in [0.2, 0.25) is 5.02 Å². The van der Waals surface area contributed by atoms with Crippen LogP contribution < -0.4 is 19.2 Å². The molecule has 0 aliphatic rings. The molecule has 0 bridgehead atoms. The van der Waals surface area contributed by atoms with E-state index in [0.717, 1.165) is 21.0 Å². The van der Waals surface area contributed by atoms with Crippen LogP contribution in [0.4, 0.5) is 5.69 Å². The maximum absolute atomic E-state index is 13.6. The summed E-state index contributed by atoms with van der Waals surface area (Å²) in [6.45, 7) is 5.91. The molecule has 0 aliphatic carbocycles. The molecule has 8 nitrogen and oxygen atoms in total. The first-order valence-electron chi connectivity index (χ1n) is 13.3. The summed E-state index contributed by atoms with van der Waals surface area (Å²) in [5, 5.41) is 4.71. The quantitative estimate of drug-likeness (QED) is 0.151. The lowest BCUT2D eigenvalue weighted by molar-refractivity contribution is -0.119. The molecule has 4 rings (SSSR count). The fraction of sp³-hybridized carbons (Fsp3) is 0.188. The number of halogens is 1. The highest BCUT2D eigenvalue weighted by atomic mass is 35.5. The third-order valence-corrected chi connectivity index (χ3v) is 8.24. The molecule has 1 N–H and O–H groups in total. The number of nitrogens with zero attached hydrogens (tertiary/aromatic N) is 2. The van der Waals surface area contributed by atoms with Crippen molar-refractivity contribution in [2.75, 3.05) is 17.5 Å². The van der Waals surface area contributed by atoms with Crippen LogP contribution in [-0.2, 0) is 21.4 Å². The number of carbonyl (C=O) groups excluding carboxylic acids is 1. The van der Waals surface area contributed by atoms with E-state index < -0.39 is 22.5 Å². The van der Waals surface area contributed by atoms with Gasteiger partial charge < -0.3 is 9.47 Å². The largest absolute Gasteiger partial charge is 0.490 e. The molecule has 4 aromatic carbocycles. The van der Waals surface area contributed by atoms with Crippen LogP contribution >= 0.6 is 11.6 Å². The van der Waals surface area contributed by atoms with E-state index in [4.69, 9.17) is 21.1 Å². The Balaban J connectivity index is 1.48. The Kier molecular flexibility index (Phi) is 10.2. The summed E-state index contributed by atoms with van der Waals surface area (Å²) in [6.07, 6.45) is 1.45. The van der Waals surface area contributed by atoms with E-state index in [1.807, 2.05) is 45.0 Å². The van der Waals surface area contributed by atoms with Crippen molar-refractivity contribution in [1.82, 2.24) is 5.43 Å². The summed E-state index contributed by atoms with van der Waals surface area (Å²) in [6, 6.07) is 26.1. The molecule has 0 unspecified atom stereocenters. The molecule has 0 atom stereocenters. The molecular weight excluding hydrogens is 574 g/mol. The molecule has 0 radical (unpaired) electrons. The molecule has 10 heteroatoms. The number of aryl methyl sites for hydroxylation is 2. The Morgan fingerprint density at radius 3 is 2.36 bits per heavy atom. The number of rotatable bonds is 12. The van der Waals surface area contributed by atoms with Gasteiger partial charge in [0.1, 0.15) is 13.2 Å². The zero-order valence-electron chi connectivity index (χ0n) is 23.6. The van der Waals surface area contributed by atoms with Crippen molar-refractivity contribution in [2.45, 2.75) is 32.3 Å². The van der Waals surface area contributed by atoms with Gasteiger partial charge in [-0.1, -0.05) is 59.6 Å². The van der Waals surface area contributed by atoms with Crippen LogP contribution in [0.5, 0.6) is 11.5 Å². The van der Waals surface area contributed by atoms with Gasteiger partial charge in [0.2, 0.25) is 0 Å². The Hall–Kier alpha value is -4.34. The Morgan fingerprint density at radius 1 is 0.929 bits per heavy atom. The molecule has 0 aliphatic heterocycles. The standard InChI is InChI=1S/C32H32ClN3O5S/c1-4-40-31-19-26(13-17-30(31)41-22-25-11-14-27(33)15-12-25)20-34-35-32(37)21-36(29-16-10-23(2)18-24(29)3)42(38,39)28-8-6-5-7-9-28/h5-20H,4,21-22H2,1-3H3,(H,35,37)/b34-20+. The first-order chi connectivity index (χ1) is 20.2. The molecule has 0 heterocycles. The smallest absolute Gasteiger partial charge is 0.264 e. The maximum Gasteiger partial charge on any atom is 0.264 e. The van der Waals surface area contributed by atoms with E-state index in [1.165, 1.54) is 18.3 Å². The van der Waals surface area contributed by atoms with E-state index in [2.05, 4.69) is 10.5 Å². The molecule has 0 spiro atoms. The minimum Gasteiger partial charge on any atom is -0.490 e. The summed E-state index contributed by atoms with van der Waals surface area (Å²) in [7, 11) is -4.02. The predicted octanol–water partition coefficient (Wildman–Crippen LogP) is 6.28. The third kappa shape index (κ3) is 7.90. The van der Waals surface area contributed by atoms with Gasteiger partial charge in [-0.25, -0.2) is 13.8 Å². The van der Waals surface area contributed by atoms with E-state index in [-0.39, 0.29) is 4.90 Å². The molecule has 0 saturated carbocycles. The van der Waals surface area contributed by atoms with Crippen molar-refractivity contribution in [1.29, 1.82) is 0 Å². The number of carbonyl (C=O) groups is 1. The number of anilines is 1. The van der Waals surface area contributed by atoms with Crippen LogP contribution in [-0.4, -0.2) is 33.7 Å². The summed E-state index contributed by atoms with van der Waals surface area (Å²) in [4.78, 5) is 13.0. The summed E-state index contributed by atoms with van der Waals surface area (Å²) in [5.74, 6) is 0.485. The molecule has 0 saturated heterocycles. The van der Waals surface area contributed by atoms with Crippen molar-refractivity contribution < 1.29 is 22.7 Å². The van der Waals surface area contributed by atoms with E-state index in [9.17, 15) is 13.2 Å². The molecular formula is C32H32ClN3O5S. The van der Waals surface area contributed by atoms with Crippen LogP contribution in [0, 0.1) is 13.8 Å². The van der Waals surface area contributed by atoms with Crippen molar-refractivity contribution in [2.24, 2.45) is 5.10 Å². The van der Waals surface area contributed by atoms with Crippen molar-refractivity contribution in [3.05, 3.63) is 118 Å². The monoisotopic (exact) mass is 605 g/mol. The number of benzene rings is 4. The zero-order chi connectivity index (χ0) is 30.1. The average Bonchev–Trinajstić information content (AvgIpc) is 2.97. The van der Waals surface area contributed by atoms with Gasteiger partial charge in [0.05, 0.1) is 23.4 Å². The lowest BCUT2D eigenvalue weighted by atomic mass is 10.1. The Bertz CT molecular complexity index is 1660. The highest BCUT2D eigenvalue weighted by Crippen LogP contribution is 2.30. The second-order valence-electron chi connectivity index (χ2n) is 9.46. The lowest BCUT2D eigenvalue weighted by Gasteiger charge is -2.25. The van der Waals surface area contributed by atoms with Gasteiger partial charge in [0.25, 0.3) is 15.9 Å². The Morgan fingerprint density at radius 2 is 1.67 bits per heavy atom. The minimum atomic E-state index is -4.02. The molecule has 4 aromatic rings. The first-order valence-corrected chi connectivity index (χ1v) is 15.1. The summed E-state index contributed by atoms with van der Waals surface area (Å²) >= 11 is 5.95. The predicted molar refractivity (Wildman–Crippen MR) is 166 cm³/mol. The van der Waals surface area contributed by atoms with Crippen LogP contribution in [0.1, 0.15) is 29.2 Å². The van der Waals surface area contributed by atoms with Crippen LogP contribution in [0.3, 0.4) is 0 Å². The number of hydrogen-bond donors (Lipinski definition) is 1. The molecule has 1 amide bonds. The zero-order valence-corrected chi connectivity index (χ0v) is 25.2. The second-order valence-corrected chi connectivity index (χ2v) is 11.8. The van der Waals surface area contributed by atoms with Gasteiger partial charge in [-0.2, -0.15) is 5.10 Å². The van der Waals surface area contributed by atoms with Gasteiger partial charge in [-0.3, -0.25) is 9.10 Å². The number of ether oxygens (including phenoxy) is 2. The average molecular weight is 606 g/mol. The van der Waals surface area contributed by atoms with Crippen molar-refractivity contribution in [3.8, 4) is 11.5 Å². The normalized spacial score (nSPS) is 11.3. The van der Waals surface area contributed by atoms with Gasteiger partial charge in [-0.05, 0) is 86.0 Å². The third-order valence-electron chi connectivity index (χ3n) is 6.22. The van der Waals surface area contributed by atoms with Crippen LogP contribution in [0.25, 0.3) is 0 Å². The highest BCUT2D eigenvalue weighted by molar-refractivity contribution is 7.92. The number of nitrogens with one attached hydrogen (secondary N) is 1. The van der Waals surface area contributed by atoms with Crippen molar-refractivity contribution in [3.63, 3.8) is 0 Å². The summed E-state index contributed by atoms with van der Waals surface area (Å²) < 4.78 is 39.9. The highest BCUT2D eigenvalue weighted by Gasteiger charge is 2.28. The van der Waals surface area contributed by atoms with Crippen molar-refractivity contribution >= 4 is 39.4 Å². The fourth-order valence-corrected chi connectivity index (χ4v) is 5.82. The van der Waals surface area contributed by atoms with Gasteiger partial charge in [-0.15, -0.1) is 0 Å². The number of hydrazone groups is 1. The Labute approximate surface area is 251 Å². The SMILES string of the molecule is CCOc1cc(/C=N/NC(=O)CN(c2ccc(C)cc2C)S(=O)(=O)c2ccccc2)ccc1OCc1ccc(Cl)cc1. The van der Waals surface area contributed by atoms with E-state index in [1.54, 1.807) is 54.6 Å². The second kappa shape index (κ2) is 14.0. The molecule has 218 valence electrons. The molecule has 0 aromatic heterocycles. The van der Waals surface area contributed by atoms with E-state index in [0.29, 0.717) is 41.0 Å². The van der Waals surface area contributed by atoms with Gasteiger partial charge in [0, 0.05) is 5.02 Å². The summed E-state index contributed by atoms with van der Waals surface area (Å²) in [5.41, 5.74) is 6.18. The minimum absolute atomic E-state index is 0.0862. The number of hydrogen-bond acceptors (Lipinski definition) is 6. The number of sulfonamides is 1. The number of amides is 1. The molecule has 0 fully saturated rings. The maximum atomic E-state index is 13.6. The first kappa shape index (κ1) is 30.6. The topological polar surface area (TPSA) is 97.3 Å². The van der Waals surface area contributed by atoms with Gasteiger partial charge in [0.15, 0.2) is 11.5 Å². The lowest BCUT2D eigenvalue weighted by Crippen LogP contribution is -2.40. The van der Waals surface area contributed by atoms with Gasteiger partial charge >= 0.3 is 0 Å². The molecule has 42 heavy (non-hydrogen) atoms. The van der Waals surface area contributed by atoms with E-state index >= 15 is 0 Å². The van der Waals surface area contributed by atoms with Crippen LogP contribution in [0.15, 0.2) is 101 Å².